The second-order valence-electron chi connectivity index (χ2n) is 3.96. The molecule has 0 aromatic heterocycles. The molecular weight excluding hydrogens is 158 g/mol. The zero-order chi connectivity index (χ0) is 10.1. The molecule has 0 fully saturated rings. The van der Waals surface area contributed by atoms with Crippen molar-refractivity contribution in [3.63, 3.8) is 0 Å². The average molecular weight is 183 g/mol. The van der Waals surface area contributed by atoms with Gasteiger partial charge in [0.2, 0.25) is 0 Å². The lowest BCUT2D eigenvalue weighted by Crippen LogP contribution is -2.14. The molecule has 0 heterocycles. The van der Waals surface area contributed by atoms with Crippen LogP contribution in [0.3, 0.4) is 0 Å². The normalized spacial score (nSPS) is 13.5. The quantitative estimate of drug-likeness (QED) is 0.582. The molecule has 0 N–H and O–H groups in total. The minimum Gasteiger partial charge on any atom is -0.381 e. The Balaban J connectivity index is 3.45. The van der Waals surface area contributed by atoms with E-state index in [0.29, 0.717) is 0 Å². The summed E-state index contributed by atoms with van der Waals surface area (Å²) in [5, 5.41) is 0. The Morgan fingerprint density at radius 2 is 1.92 bits per heavy atom. The molecule has 0 radical (unpaired) electrons. The molecule has 0 amide bonds. The van der Waals surface area contributed by atoms with Crippen LogP contribution in [0.2, 0.25) is 0 Å². The first kappa shape index (κ1) is 12.5. The van der Waals surface area contributed by atoms with Gasteiger partial charge in [0.15, 0.2) is 0 Å². The molecule has 0 aromatic rings. The highest BCUT2D eigenvalue weighted by Crippen LogP contribution is 2.10. The van der Waals surface area contributed by atoms with E-state index in [1.807, 2.05) is 0 Å². The molecule has 1 unspecified atom stereocenters. The van der Waals surface area contributed by atoms with Crippen LogP contribution in [-0.2, 0) is 0 Å². The van der Waals surface area contributed by atoms with Gasteiger partial charge in [0.05, 0.1) is 0 Å². The Morgan fingerprint density at radius 3 is 2.46 bits per heavy atom. The first-order valence-electron chi connectivity index (χ1n) is 5.57. The lowest BCUT2D eigenvalue weighted by Gasteiger charge is -2.16. The van der Waals surface area contributed by atoms with Crippen molar-refractivity contribution in [3.05, 3.63) is 12.3 Å². The smallest absolute Gasteiger partial charge is 0.0171 e. The van der Waals surface area contributed by atoms with E-state index in [0.717, 1.165) is 12.3 Å². The third-order valence-corrected chi connectivity index (χ3v) is 2.35. The Morgan fingerprint density at radius 1 is 1.23 bits per heavy atom. The molecule has 0 saturated carbocycles. The van der Waals surface area contributed by atoms with Gasteiger partial charge in [-0.2, -0.15) is 0 Å². The first-order valence-corrected chi connectivity index (χ1v) is 5.57. The molecule has 1 atom stereocenters. The van der Waals surface area contributed by atoms with Crippen molar-refractivity contribution < 1.29 is 0 Å². The van der Waals surface area contributed by atoms with Gasteiger partial charge in [0.1, 0.15) is 0 Å². The molecule has 0 rings (SSSR count). The van der Waals surface area contributed by atoms with E-state index in [2.05, 4.69) is 45.0 Å². The molecular formula is C12H25N. The van der Waals surface area contributed by atoms with Crippen LogP contribution in [-0.4, -0.2) is 18.5 Å². The fourth-order valence-corrected chi connectivity index (χ4v) is 1.42. The minimum atomic E-state index is 0.877. The lowest BCUT2D eigenvalue weighted by molar-refractivity contribution is 0.377. The Hall–Kier alpha value is -0.460. The van der Waals surface area contributed by atoms with Crippen molar-refractivity contribution in [3.8, 4) is 0 Å². The van der Waals surface area contributed by atoms with Gasteiger partial charge >= 0.3 is 0 Å². The summed E-state index contributed by atoms with van der Waals surface area (Å²) in [6, 6.07) is 0. The third kappa shape index (κ3) is 7.89. The van der Waals surface area contributed by atoms with Crippen molar-refractivity contribution in [2.75, 3.05) is 13.6 Å². The molecule has 78 valence electrons. The van der Waals surface area contributed by atoms with Gasteiger partial charge in [0, 0.05) is 13.6 Å². The van der Waals surface area contributed by atoms with E-state index in [-0.39, 0.29) is 0 Å². The van der Waals surface area contributed by atoms with Crippen molar-refractivity contribution >= 4 is 0 Å². The second-order valence-corrected chi connectivity index (χ2v) is 3.96. The van der Waals surface area contributed by atoms with Crippen molar-refractivity contribution in [2.24, 2.45) is 5.92 Å². The maximum atomic E-state index is 2.35. The Bertz CT molecular complexity index is 129. The predicted molar refractivity (Wildman–Crippen MR) is 60.8 cm³/mol. The summed E-state index contributed by atoms with van der Waals surface area (Å²) >= 11 is 0. The summed E-state index contributed by atoms with van der Waals surface area (Å²) in [7, 11) is 2.16. The summed E-state index contributed by atoms with van der Waals surface area (Å²) in [5.74, 6) is 0.877. The third-order valence-electron chi connectivity index (χ3n) is 2.35. The Kier molecular flexibility index (Phi) is 7.86. The van der Waals surface area contributed by atoms with Gasteiger partial charge in [-0.1, -0.05) is 39.7 Å². The summed E-state index contributed by atoms with van der Waals surface area (Å²) in [4.78, 5) is 2.29. The average Bonchev–Trinajstić information content (AvgIpc) is 2.12. The summed E-state index contributed by atoms with van der Waals surface area (Å²) in [5.41, 5.74) is 0. The predicted octanol–water partition coefficient (Wildman–Crippen LogP) is 3.67. The topological polar surface area (TPSA) is 3.24 Å². The summed E-state index contributed by atoms with van der Waals surface area (Å²) in [6.07, 6.45) is 9.54. The second kappa shape index (κ2) is 8.15. The van der Waals surface area contributed by atoms with Crippen LogP contribution in [0.4, 0.5) is 0 Å². The number of rotatable bonds is 7. The molecule has 0 aliphatic rings. The van der Waals surface area contributed by atoms with Crippen LogP contribution in [0.15, 0.2) is 12.3 Å². The van der Waals surface area contributed by atoms with Crippen molar-refractivity contribution in [1.82, 2.24) is 4.90 Å². The van der Waals surface area contributed by atoms with E-state index in [1.165, 1.54) is 25.8 Å². The van der Waals surface area contributed by atoms with Crippen LogP contribution in [0, 0.1) is 5.92 Å². The fraction of sp³-hybridized carbons (Fsp3) is 0.833. The highest BCUT2D eigenvalue weighted by Gasteiger charge is 2.00. The molecule has 0 bridgehead atoms. The van der Waals surface area contributed by atoms with Crippen molar-refractivity contribution in [1.29, 1.82) is 0 Å². The van der Waals surface area contributed by atoms with Gasteiger partial charge in [-0.3, -0.25) is 0 Å². The highest BCUT2D eigenvalue weighted by molar-refractivity contribution is 4.79. The highest BCUT2D eigenvalue weighted by atomic mass is 15.1. The summed E-state index contributed by atoms with van der Waals surface area (Å²) < 4.78 is 0. The van der Waals surface area contributed by atoms with Gasteiger partial charge in [-0.25, -0.2) is 0 Å². The van der Waals surface area contributed by atoms with Crippen molar-refractivity contribution in [2.45, 2.75) is 46.5 Å². The molecule has 0 spiro atoms. The number of hydrogen-bond donors (Lipinski definition) is 0. The summed E-state index contributed by atoms with van der Waals surface area (Å²) in [6.45, 7) is 7.97. The SMILES string of the molecule is CCC=CN(C)CCC(C)CCC. The number of nitrogens with zero attached hydrogens (tertiary/aromatic N) is 1. The monoisotopic (exact) mass is 183 g/mol. The van der Waals surface area contributed by atoms with Gasteiger partial charge in [0.25, 0.3) is 0 Å². The molecule has 1 heteroatoms. The molecule has 1 nitrogen and oxygen atoms in total. The minimum absolute atomic E-state index is 0.877. The van der Waals surface area contributed by atoms with Gasteiger partial charge in [-0.05, 0) is 25.0 Å². The van der Waals surface area contributed by atoms with Crippen LogP contribution in [0.1, 0.15) is 46.5 Å². The molecule has 0 saturated heterocycles. The van der Waals surface area contributed by atoms with E-state index in [9.17, 15) is 0 Å². The fourth-order valence-electron chi connectivity index (χ4n) is 1.42. The standard InChI is InChI=1S/C12H25N/c1-5-7-10-13(4)11-9-12(3)8-6-2/h7,10,12H,5-6,8-9,11H2,1-4H3. The molecule has 13 heavy (non-hydrogen) atoms. The molecule has 0 aliphatic carbocycles. The Labute approximate surface area is 83.8 Å². The van der Waals surface area contributed by atoms with Crippen LogP contribution < -0.4 is 0 Å². The zero-order valence-electron chi connectivity index (χ0n) is 9.71. The van der Waals surface area contributed by atoms with E-state index in [4.69, 9.17) is 0 Å². The maximum absolute atomic E-state index is 2.35. The molecule has 0 aromatic carbocycles. The van der Waals surface area contributed by atoms with E-state index < -0.39 is 0 Å². The maximum Gasteiger partial charge on any atom is 0.0171 e. The van der Waals surface area contributed by atoms with Gasteiger partial charge < -0.3 is 4.90 Å². The lowest BCUT2D eigenvalue weighted by atomic mass is 10.0. The van der Waals surface area contributed by atoms with Crippen LogP contribution in [0.25, 0.3) is 0 Å². The largest absolute Gasteiger partial charge is 0.381 e. The number of hydrogen-bond acceptors (Lipinski definition) is 1. The molecule has 0 aliphatic heterocycles. The number of allylic oxidation sites excluding steroid dienone is 1. The zero-order valence-corrected chi connectivity index (χ0v) is 9.71. The van der Waals surface area contributed by atoms with Crippen LogP contribution in [0.5, 0.6) is 0 Å². The van der Waals surface area contributed by atoms with E-state index in [1.54, 1.807) is 0 Å². The first-order chi connectivity index (χ1) is 6.20. The van der Waals surface area contributed by atoms with Gasteiger partial charge in [-0.15, -0.1) is 0 Å². The van der Waals surface area contributed by atoms with Crippen LogP contribution >= 0.6 is 0 Å². The van der Waals surface area contributed by atoms with E-state index >= 15 is 0 Å².